The van der Waals surface area contributed by atoms with Gasteiger partial charge in [0.1, 0.15) is 11.5 Å². The second kappa shape index (κ2) is 7.08. The van der Waals surface area contributed by atoms with Crippen LogP contribution in [0, 0.1) is 0 Å². The number of rotatable bonds is 4. The Morgan fingerprint density at radius 3 is 2.14 bits per heavy atom. The molecule has 1 atom stereocenters. The molecule has 0 spiro atoms. The molecule has 0 saturated heterocycles. The molecule has 21 heavy (non-hydrogen) atoms. The Hall–Kier alpha value is -1.35. The molecule has 0 aliphatic heterocycles. The van der Waals surface area contributed by atoms with Gasteiger partial charge in [-0.05, 0) is 6.07 Å². The first-order chi connectivity index (χ1) is 9.02. The van der Waals surface area contributed by atoms with Crippen LogP contribution >= 0.6 is 12.4 Å². The lowest BCUT2D eigenvalue weighted by molar-refractivity contribution is -0.274. The second-order valence-corrected chi connectivity index (χ2v) is 3.88. The van der Waals surface area contributed by atoms with E-state index in [1.54, 1.807) is 0 Å². The van der Waals surface area contributed by atoms with Gasteiger partial charge in [-0.1, -0.05) is 6.07 Å². The minimum Gasteiger partial charge on any atom is -0.496 e. The topological polar surface area (TPSA) is 44.5 Å². The Kier molecular flexibility index (Phi) is 6.62. The van der Waals surface area contributed by atoms with E-state index in [1.807, 2.05) is 0 Å². The van der Waals surface area contributed by atoms with Crippen LogP contribution in [-0.4, -0.2) is 19.6 Å². The molecule has 0 saturated carbocycles. The summed E-state index contributed by atoms with van der Waals surface area (Å²) in [6.45, 7) is 0. The molecule has 0 unspecified atom stereocenters. The van der Waals surface area contributed by atoms with Gasteiger partial charge < -0.3 is 15.2 Å². The van der Waals surface area contributed by atoms with Crippen LogP contribution in [0.5, 0.6) is 11.5 Å². The number of hydrogen-bond donors (Lipinski definition) is 1. The van der Waals surface area contributed by atoms with Gasteiger partial charge in [0.05, 0.1) is 13.5 Å². The number of alkyl halides is 6. The van der Waals surface area contributed by atoms with Crippen molar-refractivity contribution in [2.24, 2.45) is 5.73 Å². The summed E-state index contributed by atoms with van der Waals surface area (Å²) in [7, 11) is 1.11. The summed E-state index contributed by atoms with van der Waals surface area (Å²) in [6.07, 6.45) is -10.7. The molecule has 0 aliphatic carbocycles. The largest absolute Gasteiger partial charge is 0.573 e. The zero-order valence-corrected chi connectivity index (χ0v) is 11.4. The lowest BCUT2D eigenvalue weighted by Gasteiger charge is -2.18. The number of nitrogens with two attached hydrogens (primary N) is 1. The molecule has 122 valence electrons. The average Bonchev–Trinajstić information content (AvgIpc) is 2.24. The summed E-state index contributed by atoms with van der Waals surface area (Å²) in [6, 6.07) is 1.28. The summed E-state index contributed by atoms with van der Waals surface area (Å²) >= 11 is 0. The first-order valence-electron chi connectivity index (χ1n) is 5.28. The van der Waals surface area contributed by atoms with Gasteiger partial charge in [0, 0.05) is 17.7 Å². The monoisotopic (exact) mass is 339 g/mol. The Morgan fingerprint density at radius 2 is 1.71 bits per heavy atom. The molecule has 0 aliphatic rings. The number of benzene rings is 1. The SMILES string of the molecule is COc1cc(OC(F)(F)F)ccc1[C@@H](N)CC(F)(F)F.Cl. The van der Waals surface area contributed by atoms with Crippen molar-refractivity contribution in [3.8, 4) is 11.5 Å². The van der Waals surface area contributed by atoms with Crippen molar-refractivity contribution in [3.63, 3.8) is 0 Å². The van der Waals surface area contributed by atoms with E-state index in [0.717, 1.165) is 25.3 Å². The Labute approximate surface area is 122 Å². The van der Waals surface area contributed by atoms with Crippen LogP contribution in [0.2, 0.25) is 0 Å². The van der Waals surface area contributed by atoms with Crippen molar-refractivity contribution >= 4 is 12.4 Å². The van der Waals surface area contributed by atoms with Crippen LogP contribution in [0.1, 0.15) is 18.0 Å². The van der Waals surface area contributed by atoms with E-state index >= 15 is 0 Å². The third-order valence-corrected chi connectivity index (χ3v) is 2.29. The van der Waals surface area contributed by atoms with Gasteiger partial charge in [-0.15, -0.1) is 25.6 Å². The highest BCUT2D eigenvalue weighted by Crippen LogP contribution is 2.35. The van der Waals surface area contributed by atoms with Crippen LogP contribution in [0.4, 0.5) is 26.3 Å². The molecule has 1 aromatic rings. The molecule has 0 radical (unpaired) electrons. The summed E-state index contributed by atoms with van der Waals surface area (Å²) < 4.78 is 81.1. The normalized spacial score (nSPS) is 13.3. The molecule has 1 aromatic carbocycles. The zero-order valence-electron chi connectivity index (χ0n) is 10.6. The molecule has 2 N–H and O–H groups in total. The molecule has 0 bridgehead atoms. The summed E-state index contributed by atoms with van der Waals surface area (Å²) in [5.41, 5.74) is 5.32. The molecule has 0 amide bonds. The van der Waals surface area contributed by atoms with Crippen molar-refractivity contribution in [1.29, 1.82) is 0 Å². The maximum atomic E-state index is 12.2. The van der Waals surface area contributed by atoms with Crippen molar-refractivity contribution in [2.75, 3.05) is 7.11 Å². The maximum absolute atomic E-state index is 12.2. The molecule has 0 aromatic heterocycles. The predicted molar refractivity (Wildman–Crippen MR) is 64.5 cm³/mol. The first-order valence-corrected chi connectivity index (χ1v) is 5.28. The molecule has 0 heterocycles. The van der Waals surface area contributed by atoms with Crippen LogP contribution in [0.3, 0.4) is 0 Å². The van der Waals surface area contributed by atoms with E-state index < -0.39 is 30.8 Å². The maximum Gasteiger partial charge on any atom is 0.573 e. The second-order valence-electron chi connectivity index (χ2n) is 3.88. The number of ether oxygens (including phenoxy) is 2. The molecule has 0 fully saturated rings. The minimum atomic E-state index is -4.90. The van der Waals surface area contributed by atoms with Crippen LogP contribution in [0.25, 0.3) is 0 Å². The lowest BCUT2D eigenvalue weighted by Crippen LogP contribution is -2.21. The van der Waals surface area contributed by atoms with E-state index in [9.17, 15) is 26.3 Å². The molecule has 1 rings (SSSR count). The highest BCUT2D eigenvalue weighted by atomic mass is 35.5. The van der Waals surface area contributed by atoms with Crippen molar-refractivity contribution in [1.82, 2.24) is 0 Å². The summed E-state index contributed by atoms with van der Waals surface area (Å²) in [5.74, 6) is -0.805. The van der Waals surface area contributed by atoms with Crippen molar-refractivity contribution < 1.29 is 35.8 Å². The number of halogens is 7. The van der Waals surface area contributed by atoms with E-state index in [0.29, 0.717) is 0 Å². The molecule has 10 heteroatoms. The van der Waals surface area contributed by atoms with Gasteiger partial charge in [-0.3, -0.25) is 0 Å². The summed E-state index contributed by atoms with van der Waals surface area (Å²) in [4.78, 5) is 0. The fourth-order valence-electron chi connectivity index (χ4n) is 1.55. The first kappa shape index (κ1) is 19.7. The van der Waals surface area contributed by atoms with E-state index in [2.05, 4.69) is 4.74 Å². The lowest BCUT2D eigenvalue weighted by atomic mass is 10.0. The number of hydrogen-bond acceptors (Lipinski definition) is 3. The zero-order chi connectivity index (χ0) is 15.6. The number of methoxy groups -OCH3 is 1. The highest BCUT2D eigenvalue weighted by Gasteiger charge is 2.33. The third kappa shape index (κ3) is 6.76. The standard InChI is InChI=1S/C11H11F6NO2.ClH/c1-19-9-4-6(20-11(15,16)17)2-3-7(9)8(18)5-10(12,13)14;/h2-4,8H,5,18H2,1H3;1H/t8-;/m0./s1. The minimum absolute atomic E-state index is 0. The Bertz CT molecular complexity index is 463. The smallest absolute Gasteiger partial charge is 0.496 e. The van der Waals surface area contributed by atoms with Crippen LogP contribution in [0.15, 0.2) is 18.2 Å². The van der Waals surface area contributed by atoms with Crippen molar-refractivity contribution in [3.05, 3.63) is 23.8 Å². The van der Waals surface area contributed by atoms with Gasteiger partial charge in [0.25, 0.3) is 0 Å². The van der Waals surface area contributed by atoms with Gasteiger partial charge in [0.2, 0.25) is 0 Å². The van der Waals surface area contributed by atoms with Gasteiger partial charge >= 0.3 is 12.5 Å². The third-order valence-electron chi connectivity index (χ3n) is 2.29. The highest BCUT2D eigenvalue weighted by molar-refractivity contribution is 5.85. The molecular formula is C11H12ClF6NO2. The van der Waals surface area contributed by atoms with E-state index in [1.165, 1.54) is 0 Å². The average molecular weight is 340 g/mol. The quantitative estimate of drug-likeness (QED) is 0.844. The molecule has 3 nitrogen and oxygen atoms in total. The van der Waals surface area contributed by atoms with Crippen molar-refractivity contribution in [2.45, 2.75) is 25.0 Å². The van der Waals surface area contributed by atoms with Crippen LogP contribution in [-0.2, 0) is 0 Å². The van der Waals surface area contributed by atoms with E-state index in [4.69, 9.17) is 10.5 Å². The van der Waals surface area contributed by atoms with Gasteiger partial charge in [0.15, 0.2) is 0 Å². The Balaban J connectivity index is 0.00000400. The predicted octanol–water partition coefficient (Wildman–Crippen LogP) is 3.97. The fourth-order valence-corrected chi connectivity index (χ4v) is 1.55. The van der Waals surface area contributed by atoms with Crippen LogP contribution < -0.4 is 15.2 Å². The summed E-state index contributed by atoms with van der Waals surface area (Å²) in [5, 5.41) is 0. The van der Waals surface area contributed by atoms with Gasteiger partial charge in [-0.25, -0.2) is 0 Å². The van der Waals surface area contributed by atoms with E-state index in [-0.39, 0.29) is 23.7 Å². The Morgan fingerprint density at radius 1 is 1.14 bits per heavy atom. The molecular weight excluding hydrogens is 328 g/mol. The fraction of sp³-hybridized carbons (Fsp3) is 0.455. The van der Waals surface area contributed by atoms with Gasteiger partial charge in [-0.2, -0.15) is 13.2 Å².